The highest BCUT2D eigenvalue weighted by molar-refractivity contribution is 5.92. The normalized spacial score (nSPS) is 23.6. The van der Waals surface area contributed by atoms with E-state index in [0.717, 1.165) is 0 Å². The number of anilines is 1. The lowest BCUT2D eigenvalue weighted by atomic mass is 10.0. The Morgan fingerprint density at radius 1 is 1.56 bits per heavy atom. The maximum atomic E-state index is 12.1. The molecule has 0 radical (unpaired) electrons. The van der Waals surface area contributed by atoms with Crippen molar-refractivity contribution in [2.24, 2.45) is 5.92 Å². The molecule has 6 heteroatoms. The van der Waals surface area contributed by atoms with E-state index in [1.807, 2.05) is 37.8 Å². The van der Waals surface area contributed by atoms with Gasteiger partial charge < -0.3 is 15.4 Å². The minimum atomic E-state index is -0.154. The van der Waals surface area contributed by atoms with Crippen LogP contribution in [0.5, 0.6) is 0 Å². The molecular formula is C12H20N4O2. The highest BCUT2D eigenvalue weighted by atomic mass is 16.5. The largest absolute Gasteiger partial charge is 0.379 e. The molecule has 0 aliphatic carbocycles. The molecule has 1 aromatic rings. The number of rotatable bonds is 4. The van der Waals surface area contributed by atoms with Crippen LogP contribution in [0.3, 0.4) is 0 Å². The maximum Gasteiger partial charge on any atom is 0.232 e. The second-order valence-electron chi connectivity index (χ2n) is 4.80. The second kappa shape index (κ2) is 5.49. The van der Waals surface area contributed by atoms with E-state index in [0.29, 0.717) is 19.0 Å². The molecule has 1 saturated heterocycles. The molecule has 1 amide bonds. The van der Waals surface area contributed by atoms with Gasteiger partial charge in [-0.1, -0.05) is 0 Å². The average Bonchev–Trinajstić information content (AvgIpc) is 2.96. The van der Waals surface area contributed by atoms with Crippen LogP contribution in [0, 0.1) is 5.92 Å². The minimum Gasteiger partial charge on any atom is -0.379 e. The first-order valence-corrected chi connectivity index (χ1v) is 6.23. The van der Waals surface area contributed by atoms with Gasteiger partial charge in [-0.3, -0.25) is 9.48 Å². The summed E-state index contributed by atoms with van der Waals surface area (Å²) in [6.45, 7) is 5.12. The Morgan fingerprint density at radius 2 is 2.33 bits per heavy atom. The summed E-state index contributed by atoms with van der Waals surface area (Å²) in [7, 11) is 1.84. The highest BCUT2D eigenvalue weighted by Gasteiger charge is 2.33. The van der Waals surface area contributed by atoms with Gasteiger partial charge in [-0.25, -0.2) is 0 Å². The Kier molecular flexibility index (Phi) is 3.98. The summed E-state index contributed by atoms with van der Waals surface area (Å²) < 4.78 is 7.13. The zero-order valence-electron chi connectivity index (χ0n) is 11.0. The molecular weight excluding hydrogens is 232 g/mol. The fraction of sp³-hybridized carbons (Fsp3) is 0.667. The van der Waals surface area contributed by atoms with Crippen molar-refractivity contribution in [1.82, 2.24) is 15.1 Å². The Morgan fingerprint density at radius 3 is 2.94 bits per heavy atom. The van der Waals surface area contributed by atoms with Gasteiger partial charge in [0, 0.05) is 24.3 Å². The summed E-state index contributed by atoms with van der Waals surface area (Å²) in [6.07, 6.45) is 1.86. The van der Waals surface area contributed by atoms with Gasteiger partial charge in [0.25, 0.3) is 0 Å². The minimum absolute atomic E-state index is 0.0409. The average molecular weight is 252 g/mol. The molecule has 2 heterocycles. The van der Waals surface area contributed by atoms with Gasteiger partial charge >= 0.3 is 0 Å². The molecule has 2 rings (SSSR count). The van der Waals surface area contributed by atoms with Gasteiger partial charge in [-0.2, -0.15) is 5.10 Å². The number of likely N-dealkylation sites (N-methyl/N-ethyl adjacent to an activating group) is 1. The van der Waals surface area contributed by atoms with Crippen LogP contribution in [0.2, 0.25) is 0 Å². The van der Waals surface area contributed by atoms with E-state index in [-0.39, 0.29) is 23.9 Å². The molecule has 1 aromatic heterocycles. The zero-order valence-corrected chi connectivity index (χ0v) is 11.0. The van der Waals surface area contributed by atoms with Crippen molar-refractivity contribution in [3.05, 3.63) is 12.3 Å². The molecule has 1 aliphatic heterocycles. The van der Waals surface area contributed by atoms with Crippen molar-refractivity contribution < 1.29 is 9.53 Å². The topological polar surface area (TPSA) is 68.2 Å². The van der Waals surface area contributed by atoms with Crippen LogP contribution in [0.25, 0.3) is 0 Å². The van der Waals surface area contributed by atoms with Crippen LogP contribution in [0.4, 0.5) is 5.82 Å². The Labute approximate surface area is 107 Å². The maximum absolute atomic E-state index is 12.1. The van der Waals surface area contributed by atoms with Crippen LogP contribution in [0.1, 0.15) is 19.9 Å². The summed E-state index contributed by atoms with van der Waals surface area (Å²) in [5.74, 6) is 0.399. The van der Waals surface area contributed by atoms with Crippen molar-refractivity contribution in [2.75, 3.05) is 25.6 Å². The lowest BCUT2D eigenvalue weighted by molar-refractivity contribution is -0.120. The summed E-state index contributed by atoms with van der Waals surface area (Å²) in [5, 5.41) is 10.2. The number of ether oxygens (including phenoxy) is 1. The van der Waals surface area contributed by atoms with Crippen LogP contribution >= 0.6 is 0 Å². The summed E-state index contributed by atoms with van der Waals surface area (Å²) in [5.41, 5.74) is 0. The molecule has 0 spiro atoms. The molecule has 1 aliphatic rings. The van der Waals surface area contributed by atoms with Crippen LogP contribution < -0.4 is 10.6 Å². The number of hydrogen-bond acceptors (Lipinski definition) is 4. The van der Waals surface area contributed by atoms with Gasteiger partial charge in [0.15, 0.2) is 5.82 Å². The Hall–Kier alpha value is -1.40. The molecule has 2 atom stereocenters. The van der Waals surface area contributed by atoms with Crippen LogP contribution in [-0.2, 0) is 9.53 Å². The number of amides is 1. The number of nitrogens with zero attached hydrogens (tertiary/aromatic N) is 2. The molecule has 6 nitrogen and oxygen atoms in total. The second-order valence-corrected chi connectivity index (χ2v) is 4.80. The van der Waals surface area contributed by atoms with Crippen LogP contribution in [-0.4, -0.2) is 42.0 Å². The molecule has 1 fully saturated rings. The van der Waals surface area contributed by atoms with Crippen molar-refractivity contribution in [3.8, 4) is 0 Å². The molecule has 2 unspecified atom stereocenters. The van der Waals surface area contributed by atoms with Crippen molar-refractivity contribution in [3.63, 3.8) is 0 Å². The van der Waals surface area contributed by atoms with Gasteiger partial charge in [-0.05, 0) is 20.9 Å². The Bertz CT molecular complexity index is 416. The number of carbonyl (C=O) groups is 1. The molecule has 0 saturated carbocycles. The molecule has 0 bridgehead atoms. The molecule has 18 heavy (non-hydrogen) atoms. The van der Waals surface area contributed by atoms with Gasteiger partial charge in [0.2, 0.25) is 5.91 Å². The third-order valence-corrected chi connectivity index (χ3v) is 3.18. The van der Waals surface area contributed by atoms with Gasteiger partial charge in [0.05, 0.1) is 19.1 Å². The van der Waals surface area contributed by atoms with Crippen LogP contribution in [0.15, 0.2) is 12.3 Å². The summed E-state index contributed by atoms with van der Waals surface area (Å²) in [6, 6.07) is 2.18. The Balaban J connectivity index is 1.98. The predicted octanol–water partition coefficient (Wildman–Crippen LogP) is 0.637. The first-order valence-electron chi connectivity index (χ1n) is 6.23. The van der Waals surface area contributed by atoms with E-state index in [4.69, 9.17) is 4.74 Å². The SMILES string of the molecule is CNC1COCC1C(=O)Nc1ccn(C(C)C)n1. The summed E-state index contributed by atoms with van der Waals surface area (Å²) >= 11 is 0. The van der Waals surface area contributed by atoms with E-state index in [2.05, 4.69) is 15.7 Å². The third kappa shape index (κ3) is 2.70. The predicted molar refractivity (Wildman–Crippen MR) is 68.4 cm³/mol. The molecule has 100 valence electrons. The van der Waals surface area contributed by atoms with Crippen molar-refractivity contribution in [2.45, 2.75) is 25.9 Å². The standard InChI is InChI=1S/C12H20N4O2/c1-8(2)16-5-4-11(15-16)14-12(17)9-6-18-7-10(9)13-3/h4-5,8-10,13H,6-7H2,1-3H3,(H,14,15,17). The van der Waals surface area contributed by atoms with E-state index < -0.39 is 0 Å². The lowest BCUT2D eigenvalue weighted by Crippen LogP contribution is -2.39. The third-order valence-electron chi connectivity index (χ3n) is 3.18. The van der Waals surface area contributed by atoms with E-state index in [1.54, 1.807) is 0 Å². The monoisotopic (exact) mass is 252 g/mol. The van der Waals surface area contributed by atoms with E-state index >= 15 is 0 Å². The lowest BCUT2D eigenvalue weighted by Gasteiger charge is -2.15. The molecule has 0 aromatic carbocycles. The van der Waals surface area contributed by atoms with Crippen molar-refractivity contribution >= 4 is 11.7 Å². The zero-order chi connectivity index (χ0) is 13.1. The van der Waals surface area contributed by atoms with Crippen molar-refractivity contribution in [1.29, 1.82) is 0 Å². The fourth-order valence-corrected chi connectivity index (χ4v) is 2.01. The first-order chi connectivity index (χ1) is 8.61. The number of carbonyl (C=O) groups excluding carboxylic acids is 1. The van der Waals surface area contributed by atoms with E-state index in [1.165, 1.54) is 0 Å². The number of aromatic nitrogens is 2. The first kappa shape index (κ1) is 13.0. The fourth-order valence-electron chi connectivity index (χ4n) is 2.01. The van der Waals surface area contributed by atoms with Gasteiger partial charge in [-0.15, -0.1) is 0 Å². The smallest absolute Gasteiger partial charge is 0.232 e. The summed E-state index contributed by atoms with van der Waals surface area (Å²) in [4.78, 5) is 12.1. The van der Waals surface area contributed by atoms with E-state index in [9.17, 15) is 4.79 Å². The quantitative estimate of drug-likeness (QED) is 0.825. The highest BCUT2D eigenvalue weighted by Crippen LogP contribution is 2.16. The number of hydrogen-bond donors (Lipinski definition) is 2. The number of nitrogens with one attached hydrogen (secondary N) is 2. The van der Waals surface area contributed by atoms with Gasteiger partial charge in [0.1, 0.15) is 0 Å². The molecule has 2 N–H and O–H groups in total.